The molecule has 0 heterocycles. The Hall–Kier alpha value is -2.38. The van der Waals surface area contributed by atoms with Crippen molar-refractivity contribution >= 4 is 23.8 Å². The van der Waals surface area contributed by atoms with Crippen LogP contribution in [0.3, 0.4) is 0 Å². The van der Waals surface area contributed by atoms with Crippen molar-refractivity contribution in [1.82, 2.24) is 5.32 Å². The van der Waals surface area contributed by atoms with Crippen molar-refractivity contribution < 1.29 is 34.1 Å². The van der Waals surface area contributed by atoms with E-state index >= 15 is 0 Å². The van der Waals surface area contributed by atoms with E-state index in [1.54, 1.807) is 20.8 Å². The van der Waals surface area contributed by atoms with Crippen LogP contribution in [0.25, 0.3) is 0 Å². The zero-order valence-electron chi connectivity index (χ0n) is 16.1. The molecule has 1 amide bonds. The van der Waals surface area contributed by atoms with Gasteiger partial charge in [-0.15, -0.1) is 0 Å². The van der Waals surface area contributed by atoms with E-state index in [0.717, 1.165) is 0 Å². The van der Waals surface area contributed by atoms with E-state index in [1.807, 2.05) is 12.2 Å². The lowest BCUT2D eigenvalue weighted by atomic mass is 9.77. The minimum atomic E-state index is -1.26. The third-order valence-electron chi connectivity index (χ3n) is 4.73. The van der Waals surface area contributed by atoms with Gasteiger partial charge >= 0.3 is 17.9 Å². The van der Waals surface area contributed by atoms with Crippen molar-refractivity contribution in [2.75, 3.05) is 0 Å². The molecule has 0 fully saturated rings. The van der Waals surface area contributed by atoms with Gasteiger partial charge in [-0.1, -0.05) is 26.8 Å². The second-order valence-corrected chi connectivity index (χ2v) is 7.49. The summed E-state index contributed by atoms with van der Waals surface area (Å²) in [6.45, 7) is 5.24. The highest BCUT2D eigenvalue weighted by molar-refractivity contribution is 5.87. The number of amides is 1. The topological polar surface area (TPSA) is 130 Å². The standard InChI is InChI=1S/C19H29NO7/c1-12(2)17(25)27-13-6-4-5-10-19(3,11-9-13)18(26)20-14(16(23)24)7-8-15(21)22/h4,6,12-14H,5,7-11H2,1-3H3,(H,20,26)(H,21,22)(H,23,24)/b6-4+/t13-,14+,19+/m0/s1. The quantitative estimate of drug-likeness (QED) is 0.432. The zero-order chi connectivity index (χ0) is 20.6. The van der Waals surface area contributed by atoms with Crippen LogP contribution in [0.15, 0.2) is 12.2 Å². The lowest BCUT2D eigenvalue weighted by Gasteiger charge is -2.32. The van der Waals surface area contributed by atoms with Gasteiger partial charge < -0.3 is 20.3 Å². The first-order valence-corrected chi connectivity index (χ1v) is 9.18. The molecule has 0 unspecified atom stereocenters. The monoisotopic (exact) mass is 383 g/mol. The molecule has 3 N–H and O–H groups in total. The van der Waals surface area contributed by atoms with Crippen LogP contribution in [0, 0.1) is 11.3 Å². The molecule has 8 nitrogen and oxygen atoms in total. The third-order valence-corrected chi connectivity index (χ3v) is 4.73. The molecule has 0 bridgehead atoms. The van der Waals surface area contributed by atoms with Crippen LogP contribution >= 0.6 is 0 Å². The van der Waals surface area contributed by atoms with E-state index in [1.165, 1.54) is 0 Å². The minimum absolute atomic E-state index is 0.180. The summed E-state index contributed by atoms with van der Waals surface area (Å²) in [5.41, 5.74) is -0.829. The lowest BCUT2D eigenvalue weighted by molar-refractivity contribution is -0.151. The van der Waals surface area contributed by atoms with Crippen LogP contribution in [0.2, 0.25) is 0 Å². The number of carbonyl (C=O) groups excluding carboxylic acids is 2. The number of carbonyl (C=O) groups is 4. The maximum absolute atomic E-state index is 12.7. The molecule has 152 valence electrons. The predicted molar refractivity (Wildman–Crippen MR) is 96.9 cm³/mol. The van der Waals surface area contributed by atoms with Crippen molar-refractivity contribution in [3.8, 4) is 0 Å². The maximum atomic E-state index is 12.7. The smallest absolute Gasteiger partial charge is 0.326 e. The molecule has 0 saturated carbocycles. The average Bonchev–Trinajstić information content (AvgIpc) is 2.57. The van der Waals surface area contributed by atoms with Crippen molar-refractivity contribution in [2.24, 2.45) is 11.3 Å². The first kappa shape index (κ1) is 22.7. The van der Waals surface area contributed by atoms with Crippen LogP contribution < -0.4 is 5.32 Å². The summed E-state index contributed by atoms with van der Waals surface area (Å²) in [5.74, 6) is -3.36. The number of nitrogens with one attached hydrogen (secondary N) is 1. The molecule has 0 radical (unpaired) electrons. The molecule has 8 heteroatoms. The summed E-state index contributed by atoms with van der Waals surface area (Å²) >= 11 is 0. The number of ether oxygens (including phenoxy) is 1. The van der Waals surface area contributed by atoms with Crippen molar-refractivity contribution in [3.05, 3.63) is 12.2 Å². The highest BCUT2D eigenvalue weighted by Crippen LogP contribution is 2.33. The number of carboxylic acids is 2. The molecule has 0 spiro atoms. The van der Waals surface area contributed by atoms with Crippen molar-refractivity contribution in [1.29, 1.82) is 0 Å². The normalized spacial score (nSPS) is 25.0. The van der Waals surface area contributed by atoms with Gasteiger partial charge in [0, 0.05) is 11.8 Å². The fourth-order valence-corrected chi connectivity index (χ4v) is 2.80. The number of rotatable bonds is 8. The Balaban J connectivity index is 2.77. The van der Waals surface area contributed by atoms with Gasteiger partial charge in [-0.2, -0.15) is 0 Å². The summed E-state index contributed by atoms with van der Waals surface area (Å²) in [4.78, 5) is 46.5. The van der Waals surface area contributed by atoms with Crippen LogP contribution in [-0.4, -0.2) is 46.2 Å². The van der Waals surface area contributed by atoms with E-state index in [4.69, 9.17) is 9.84 Å². The van der Waals surface area contributed by atoms with E-state index in [-0.39, 0.29) is 24.7 Å². The molecule has 0 aliphatic heterocycles. The van der Waals surface area contributed by atoms with E-state index in [0.29, 0.717) is 25.7 Å². The first-order chi connectivity index (χ1) is 12.5. The van der Waals surface area contributed by atoms with E-state index in [9.17, 15) is 24.3 Å². The van der Waals surface area contributed by atoms with Crippen LogP contribution in [0.5, 0.6) is 0 Å². The Morgan fingerprint density at radius 1 is 1.22 bits per heavy atom. The average molecular weight is 383 g/mol. The molecule has 0 aromatic rings. The van der Waals surface area contributed by atoms with Gasteiger partial charge in [0.15, 0.2) is 0 Å². The lowest BCUT2D eigenvalue weighted by Crippen LogP contribution is -2.48. The molecule has 3 atom stereocenters. The van der Waals surface area contributed by atoms with Gasteiger partial charge in [0.2, 0.25) is 5.91 Å². The number of carboxylic acid groups (broad SMARTS) is 2. The number of allylic oxidation sites excluding steroid dienone is 1. The second-order valence-electron chi connectivity index (χ2n) is 7.49. The molecule has 1 aliphatic rings. The molecule has 1 aliphatic carbocycles. The maximum Gasteiger partial charge on any atom is 0.326 e. The molecule has 1 rings (SSSR count). The van der Waals surface area contributed by atoms with Crippen molar-refractivity contribution in [2.45, 2.75) is 71.4 Å². The Bertz CT molecular complexity index is 599. The SMILES string of the molecule is CC(C)C(=O)O[C@H]1/C=C/CC[C@@](C)(C(=O)N[C@H](CCC(=O)O)C(=O)O)CC1. The largest absolute Gasteiger partial charge is 0.481 e. The van der Waals surface area contributed by atoms with Crippen LogP contribution in [0.1, 0.15) is 59.3 Å². The summed E-state index contributed by atoms with van der Waals surface area (Å²) in [7, 11) is 0. The Kier molecular flexibility index (Phi) is 8.46. The molecular formula is C19H29NO7. The minimum Gasteiger partial charge on any atom is -0.481 e. The van der Waals surface area contributed by atoms with Gasteiger partial charge in [-0.25, -0.2) is 4.79 Å². The highest BCUT2D eigenvalue weighted by Gasteiger charge is 2.36. The zero-order valence-corrected chi connectivity index (χ0v) is 16.1. The second kappa shape index (κ2) is 10.1. The molecular weight excluding hydrogens is 354 g/mol. The summed E-state index contributed by atoms with van der Waals surface area (Å²) in [6.07, 6.45) is 4.72. The predicted octanol–water partition coefficient (Wildman–Crippen LogP) is 2.12. The van der Waals surface area contributed by atoms with Gasteiger partial charge in [-0.3, -0.25) is 14.4 Å². The summed E-state index contributed by atoms with van der Waals surface area (Å²) in [6, 6.07) is -1.25. The van der Waals surface area contributed by atoms with E-state index in [2.05, 4.69) is 5.32 Å². The fourth-order valence-electron chi connectivity index (χ4n) is 2.80. The van der Waals surface area contributed by atoms with Crippen molar-refractivity contribution in [3.63, 3.8) is 0 Å². The molecule has 27 heavy (non-hydrogen) atoms. The summed E-state index contributed by atoms with van der Waals surface area (Å²) < 4.78 is 5.43. The van der Waals surface area contributed by atoms with Crippen LogP contribution in [0.4, 0.5) is 0 Å². The Morgan fingerprint density at radius 2 is 1.89 bits per heavy atom. The van der Waals surface area contributed by atoms with Gasteiger partial charge in [0.25, 0.3) is 0 Å². The number of hydrogen-bond acceptors (Lipinski definition) is 5. The van der Waals surface area contributed by atoms with Gasteiger partial charge in [0.05, 0.1) is 5.92 Å². The van der Waals surface area contributed by atoms with Crippen LogP contribution in [-0.2, 0) is 23.9 Å². The fraction of sp³-hybridized carbons (Fsp3) is 0.684. The van der Waals surface area contributed by atoms with E-state index < -0.39 is 35.4 Å². The number of aliphatic carboxylic acids is 2. The third kappa shape index (κ3) is 7.40. The Morgan fingerprint density at radius 3 is 2.44 bits per heavy atom. The van der Waals surface area contributed by atoms with Gasteiger partial charge in [0.1, 0.15) is 12.1 Å². The molecule has 0 aromatic heterocycles. The molecule has 0 aromatic carbocycles. The highest BCUT2D eigenvalue weighted by atomic mass is 16.5. The Labute approximate surface area is 159 Å². The summed E-state index contributed by atoms with van der Waals surface area (Å²) in [5, 5.41) is 20.4. The van der Waals surface area contributed by atoms with Gasteiger partial charge in [-0.05, 0) is 38.2 Å². The first-order valence-electron chi connectivity index (χ1n) is 9.18. The number of esters is 1. The number of hydrogen-bond donors (Lipinski definition) is 3. The molecule has 0 saturated heterocycles.